The van der Waals surface area contributed by atoms with Crippen molar-refractivity contribution in [1.29, 1.82) is 0 Å². The van der Waals surface area contributed by atoms with Crippen LogP contribution in [0.15, 0.2) is 18.2 Å². The summed E-state index contributed by atoms with van der Waals surface area (Å²) in [6.07, 6.45) is 0.880. The van der Waals surface area contributed by atoms with Crippen molar-refractivity contribution in [2.24, 2.45) is 0 Å². The van der Waals surface area contributed by atoms with Gasteiger partial charge in [-0.1, -0.05) is 32.9 Å². The first kappa shape index (κ1) is 14.7. The lowest BCUT2D eigenvalue weighted by atomic mass is 10.1. The molecule has 86 valence electrons. The Kier molecular flexibility index (Phi) is 7.78. The van der Waals surface area contributed by atoms with Gasteiger partial charge in [-0.25, -0.2) is 3.11 Å². The molecule has 0 aliphatic rings. The van der Waals surface area contributed by atoms with Crippen molar-refractivity contribution in [2.45, 2.75) is 33.7 Å². The number of phenols is 1. The summed E-state index contributed by atoms with van der Waals surface area (Å²) >= 11 is 2.25. The zero-order chi connectivity index (χ0) is 11.8. The molecule has 0 aliphatic heterocycles. The molecule has 0 aromatic heterocycles. The Bertz CT molecular complexity index is 287. The van der Waals surface area contributed by atoms with Gasteiger partial charge in [0.2, 0.25) is 0 Å². The number of hydrogen-bond donors (Lipinski definition) is 1. The molecule has 3 heteroatoms. The maximum absolute atomic E-state index is 9.45. The van der Waals surface area contributed by atoms with Gasteiger partial charge in [0.25, 0.3) is 0 Å². The third-order valence-corrected chi connectivity index (χ3v) is 2.27. The molecule has 2 nitrogen and oxygen atoms in total. The summed E-state index contributed by atoms with van der Waals surface area (Å²) in [4.78, 5) is 0. The van der Waals surface area contributed by atoms with Gasteiger partial charge in [0.1, 0.15) is 5.75 Å². The van der Waals surface area contributed by atoms with Crippen LogP contribution in [0.4, 0.5) is 0 Å². The van der Waals surface area contributed by atoms with E-state index >= 15 is 0 Å². The quantitative estimate of drug-likeness (QED) is 0.677. The predicted octanol–water partition coefficient (Wildman–Crippen LogP) is 3.76. The predicted molar refractivity (Wildman–Crippen MR) is 74.3 cm³/mol. The summed E-state index contributed by atoms with van der Waals surface area (Å²) in [6, 6.07) is 5.79. The van der Waals surface area contributed by atoms with Gasteiger partial charge >= 0.3 is 0 Å². The molecule has 0 saturated carbocycles. The third kappa shape index (κ3) is 5.37. The summed E-state index contributed by atoms with van der Waals surface area (Å²) in [5.74, 6) is 0.405. The number of hydrogen-bond acceptors (Lipinski definition) is 2. The second-order valence-corrected chi connectivity index (χ2v) is 4.73. The Morgan fingerprint density at radius 1 is 1.33 bits per heavy atom. The van der Waals surface area contributed by atoms with Gasteiger partial charge in [0, 0.05) is 29.4 Å². The molecular formula is C12H20INO. The molecule has 0 heterocycles. The molecule has 0 aliphatic carbocycles. The van der Waals surface area contributed by atoms with Crippen LogP contribution in [0.2, 0.25) is 0 Å². The normalized spacial score (nSPS) is 9.73. The largest absolute Gasteiger partial charge is 0.508 e. The summed E-state index contributed by atoms with van der Waals surface area (Å²) in [7, 11) is 2.03. The summed E-state index contributed by atoms with van der Waals surface area (Å²) in [5, 5.41) is 9.45. The lowest BCUT2D eigenvalue weighted by Crippen LogP contribution is -2.03. The molecule has 0 radical (unpaired) electrons. The molecule has 0 saturated heterocycles. The highest BCUT2D eigenvalue weighted by molar-refractivity contribution is 14.1. The highest BCUT2D eigenvalue weighted by atomic mass is 127. The zero-order valence-corrected chi connectivity index (χ0v) is 12.1. The van der Waals surface area contributed by atoms with Crippen molar-refractivity contribution in [1.82, 2.24) is 3.11 Å². The van der Waals surface area contributed by atoms with Gasteiger partial charge in [-0.15, -0.1) is 0 Å². The lowest BCUT2D eigenvalue weighted by molar-refractivity contribution is 0.468. The first-order chi connectivity index (χ1) is 7.13. The lowest BCUT2D eigenvalue weighted by Gasteiger charge is -2.09. The number of nitrogens with zero attached hydrogens (tertiary/aromatic N) is 1. The highest BCUT2D eigenvalue weighted by Crippen LogP contribution is 2.20. The molecule has 1 N–H and O–H groups in total. The van der Waals surface area contributed by atoms with Gasteiger partial charge in [0.15, 0.2) is 0 Å². The van der Waals surface area contributed by atoms with E-state index in [4.69, 9.17) is 0 Å². The molecule has 0 amide bonds. The molecule has 0 spiro atoms. The number of halogens is 1. The van der Waals surface area contributed by atoms with Gasteiger partial charge in [-0.05, 0) is 30.7 Å². The van der Waals surface area contributed by atoms with Crippen LogP contribution in [-0.2, 0) is 13.0 Å². The number of phenolic OH excluding ortho intramolecular Hbond substituents is 1. The van der Waals surface area contributed by atoms with Crippen molar-refractivity contribution >= 4 is 22.9 Å². The van der Waals surface area contributed by atoms with Crippen molar-refractivity contribution in [3.8, 4) is 5.75 Å². The first-order valence-electron chi connectivity index (χ1n) is 5.31. The molecule has 0 unspecified atom stereocenters. The van der Waals surface area contributed by atoms with E-state index in [0.717, 1.165) is 18.5 Å². The number of aryl methyl sites for hydroxylation is 1. The second kappa shape index (κ2) is 7.93. The Labute approximate surface area is 107 Å². The Morgan fingerprint density at radius 2 is 1.93 bits per heavy atom. The fraction of sp³-hybridized carbons (Fsp3) is 0.500. The number of benzene rings is 1. The standard InChI is InChI=1S/C10H14INO.C2H6/c1-3-9-6-8(7-12(2)11)4-5-10(9)13;1-2/h4-6,13H,3,7H2,1-2H3;1-2H3. The van der Waals surface area contributed by atoms with E-state index in [1.807, 2.05) is 33.9 Å². The van der Waals surface area contributed by atoms with Crippen molar-refractivity contribution in [3.05, 3.63) is 29.3 Å². The number of rotatable bonds is 3. The fourth-order valence-electron chi connectivity index (χ4n) is 1.27. The number of aromatic hydroxyl groups is 1. The van der Waals surface area contributed by atoms with Gasteiger partial charge in [-0.2, -0.15) is 0 Å². The Hall–Kier alpha value is -0.290. The second-order valence-electron chi connectivity index (χ2n) is 3.08. The zero-order valence-electron chi connectivity index (χ0n) is 9.92. The molecule has 15 heavy (non-hydrogen) atoms. The fourth-order valence-corrected chi connectivity index (χ4v) is 1.67. The van der Waals surface area contributed by atoms with Crippen LogP contribution < -0.4 is 0 Å². The van der Waals surface area contributed by atoms with Gasteiger partial charge < -0.3 is 5.11 Å². The topological polar surface area (TPSA) is 23.5 Å². The third-order valence-electron chi connectivity index (χ3n) is 1.93. The van der Waals surface area contributed by atoms with Crippen LogP contribution in [0.25, 0.3) is 0 Å². The Morgan fingerprint density at radius 3 is 2.40 bits per heavy atom. The molecule has 0 fully saturated rings. The van der Waals surface area contributed by atoms with E-state index in [9.17, 15) is 5.11 Å². The van der Waals surface area contributed by atoms with E-state index in [1.165, 1.54) is 5.56 Å². The van der Waals surface area contributed by atoms with E-state index in [-0.39, 0.29) is 0 Å². The average Bonchev–Trinajstić information content (AvgIpc) is 2.23. The molecular weight excluding hydrogens is 301 g/mol. The van der Waals surface area contributed by atoms with E-state index in [0.29, 0.717) is 5.75 Å². The van der Waals surface area contributed by atoms with Gasteiger partial charge in [0.05, 0.1) is 0 Å². The molecule has 1 aromatic rings. The minimum atomic E-state index is 0.405. The summed E-state index contributed by atoms with van der Waals surface area (Å²) < 4.78 is 2.09. The van der Waals surface area contributed by atoms with Crippen LogP contribution in [0.5, 0.6) is 5.75 Å². The maximum Gasteiger partial charge on any atom is 0.118 e. The van der Waals surface area contributed by atoms with Crippen LogP contribution in [0.3, 0.4) is 0 Å². The van der Waals surface area contributed by atoms with Crippen molar-refractivity contribution in [3.63, 3.8) is 0 Å². The smallest absolute Gasteiger partial charge is 0.118 e. The molecule has 0 atom stereocenters. The average molecular weight is 321 g/mol. The van der Waals surface area contributed by atoms with Crippen molar-refractivity contribution < 1.29 is 5.11 Å². The maximum atomic E-state index is 9.45. The van der Waals surface area contributed by atoms with E-state index < -0.39 is 0 Å². The molecule has 0 bridgehead atoms. The van der Waals surface area contributed by atoms with Crippen molar-refractivity contribution in [2.75, 3.05) is 7.05 Å². The van der Waals surface area contributed by atoms with Crippen LogP contribution in [0.1, 0.15) is 31.9 Å². The first-order valence-corrected chi connectivity index (χ1v) is 6.27. The van der Waals surface area contributed by atoms with Crippen LogP contribution in [-0.4, -0.2) is 15.3 Å². The van der Waals surface area contributed by atoms with Crippen LogP contribution >= 0.6 is 22.9 Å². The van der Waals surface area contributed by atoms with E-state index in [1.54, 1.807) is 6.07 Å². The van der Waals surface area contributed by atoms with Crippen LogP contribution in [0, 0.1) is 0 Å². The Balaban J connectivity index is 0.000000921. The summed E-state index contributed by atoms with van der Waals surface area (Å²) in [5.41, 5.74) is 2.27. The highest BCUT2D eigenvalue weighted by Gasteiger charge is 2.01. The minimum Gasteiger partial charge on any atom is -0.508 e. The minimum absolute atomic E-state index is 0.405. The van der Waals surface area contributed by atoms with Gasteiger partial charge in [-0.3, -0.25) is 0 Å². The summed E-state index contributed by atoms with van der Waals surface area (Å²) in [6.45, 7) is 6.96. The monoisotopic (exact) mass is 321 g/mol. The molecule has 1 rings (SSSR count). The van der Waals surface area contributed by atoms with E-state index in [2.05, 4.69) is 32.0 Å². The molecule has 1 aromatic carbocycles. The SMILES string of the molecule is CC.CCc1cc(CN(C)I)ccc1O.